The molecular formula is C72H46N2. The van der Waals surface area contributed by atoms with Crippen molar-refractivity contribution in [2.75, 3.05) is 9.80 Å². The number of anilines is 6. The molecule has 0 aliphatic heterocycles. The molecule has 0 bridgehead atoms. The number of fused-ring (bicyclic) bond motifs is 22. The van der Waals surface area contributed by atoms with Crippen molar-refractivity contribution in [2.24, 2.45) is 0 Å². The van der Waals surface area contributed by atoms with Crippen molar-refractivity contribution in [3.63, 3.8) is 0 Å². The van der Waals surface area contributed by atoms with Crippen molar-refractivity contribution in [3.8, 4) is 44.5 Å². The summed E-state index contributed by atoms with van der Waals surface area (Å²) in [6.45, 7) is 0. The first-order valence-corrected chi connectivity index (χ1v) is 25.8. The monoisotopic (exact) mass is 938 g/mol. The van der Waals surface area contributed by atoms with Gasteiger partial charge in [0.15, 0.2) is 0 Å². The number of benzene rings is 12. The van der Waals surface area contributed by atoms with Crippen molar-refractivity contribution >= 4 is 44.9 Å². The maximum Gasteiger partial charge on any atom is 0.0747 e. The maximum atomic E-state index is 2.54. The Kier molecular flexibility index (Phi) is 8.62. The highest BCUT2D eigenvalue weighted by Gasteiger charge is 2.55. The average molecular weight is 939 g/mol. The van der Waals surface area contributed by atoms with E-state index < -0.39 is 10.8 Å². The van der Waals surface area contributed by atoms with Crippen LogP contribution in [-0.4, -0.2) is 0 Å². The largest absolute Gasteiger partial charge is 0.310 e. The Balaban J connectivity index is 1.00. The zero-order valence-corrected chi connectivity index (χ0v) is 40.5. The van der Waals surface area contributed by atoms with Gasteiger partial charge in [0.1, 0.15) is 0 Å². The van der Waals surface area contributed by atoms with E-state index in [1.807, 2.05) is 0 Å². The molecule has 0 aromatic heterocycles. The Hall–Kier alpha value is -9.50. The summed E-state index contributed by atoms with van der Waals surface area (Å²) in [5.41, 5.74) is 26.4. The summed E-state index contributed by atoms with van der Waals surface area (Å²) in [7, 11) is 0. The van der Waals surface area contributed by atoms with Gasteiger partial charge in [-0.25, -0.2) is 0 Å². The van der Waals surface area contributed by atoms with Crippen LogP contribution in [0.15, 0.2) is 279 Å². The lowest BCUT2D eigenvalue weighted by atomic mass is 9.69. The summed E-state index contributed by atoms with van der Waals surface area (Å²) in [5, 5.41) is 2.47. The van der Waals surface area contributed by atoms with Gasteiger partial charge in [0, 0.05) is 33.9 Å². The number of rotatable bonds is 6. The molecule has 12 aromatic carbocycles. The van der Waals surface area contributed by atoms with Gasteiger partial charge in [-0.3, -0.25) is 0 Å². The Bertz CT molecular complexity index is 4170. The van der Waals surface area contributed by atoms with E-state index in [-0.39, 0.29) is 0 Å². The molecule has 2 heteroatoms. The fraction of sp³-hybridized carbons (Fsp3) is 0.0278. The summed E-state index contributed by atoms with van der Waals surface area (Å²) in [6.07, 6.45) is 0. The molecule has 2 spiro atoms. The average Bonchev–Trinajstić information content (AvgIpc) is 4.17. The molecule has 4 aliphatic carbocycles. The molecule has 0 fully saturated rings. The van der Waals surface area contributed by atoms with Crippen LogP contribution in [0.4, 0.5) is 34.1 Å². The van der Waals surface area contributed by atoms with Gasteiger partial charge in [-0.1, -0.05) is 218 Å². The number of hydrogen-bond acceptors (Lipinski definition) is 2. The predicted octanol–water partition coefficient (Wildman–Crippen LogP) is 18.5. The number of hydrogen-bond donors (Lipinski definition) is 0. The quantitative estimate of drug-likeness (QED) is 0.164. The standard InChI is InChI=1S/C72H46N2/c1-4-24-48(25-5-1)73(49-26-6-2-7-27-49)67-45-47-23-10-11-30-52(47)68-57-34-15-20-39-62(57)72(70(67)68)63-40-21-16-35-58(63)69-64(72)41-22-42-66(69)74(50-28-8-3-9-29-50)51-43-44-56-55-33-14-19-38-61(55)71(65(56)46-51)59-36-17-12-31-53(59)54-32-13-18-37-60(54)71/h1-46H. The topological polar surface area (TPSA) is 6.48 Å². The van der Waals surface area contributed by atoms with Crippen LogP contribution in [0.1, 0.15) is 44.5 Å². The minimum Gasteiger partial charge on any atom is -0.310 e. The van der Waals surface area contributed by atoms with E-state index in [1.54, 1.807) is 0 Å². The van der Waals surface area contributed by atoms with E-state index in [1.165, 1.54) is 105 Å². The maximum absolute atomic E-state index is 2.54. The molecular weight excluding hydrogens is 893 g/mol. The molecule has 0 N–H and O–H groups in total. The number of para-hydroxylation sites is 3. The lowest BCUT2D eigenvalue weighted by molar-refractivity contribution is 0.793. The van der Waals surface area contributed by atoms with Crippen LogP contribution < -0.4 is 9.80 Å². The number of nitrogens with zero attached hydrogens (tertiary/aromatic N) is 2. The van der Waals surface area contributed by atoms with Crippen molar-refractivity contribution in [2.45, 2.75) is 10.8 Å². The normalized spacial score (nSPS) is 15.2. The second kappa shape index (κ2) is 15.5. The van der Waals surface area contributed by atoms with Gasteiger partial charge in [-0.15, -0.1) is 0 Å². The highest BCUT2D eigenvalue weighted by molar-refractivity contribution is 6.12. The molecule has 74 heavy (non-hydrogen) atoms. The van der Waals surface area contributed by atoms with Gasteiger partial charge < -0.3 is 9.80 Å². The SMILES string of the molecule is c1ccc(N(c2ccc3c(c2)C2(c4ccccc4-c4ccccc42)c2ccccc2-3)c2cccc3c2-c2ccccc2C32c3ccccc3-c3c2c(N(c2ccccc2)c2ccccc2)cc2ccccc32)cc1. The molecule has 0 saturated heterocycles. The van der Waals surface area contributed by atoms with Crippen LogP contribution in [-0.2, 0) is 10.8 Å². The first-order valence-electron chi connectivity index (χ1n) is 25.8. The van der Waals surface area contributed by atoms with E-state index in [0.29, 0.717) is 0 Å². The van der Waals surface area contributed by atoms with Crippen LogP contribution in [0.3, 0.4) is 0 Å². The van der Waals surface area contributed by atoms with Crippen molar-refractivity contribution in [1.82, 2.24) is 0 Å². The predicted molar refractivity (Wildman–Crippen MR) is 306 cm³/mol. The molecule has 0 saturated carbocycles. The second-order valence-corrected chi connectivity index (χ2v) is 20.2. The molecule has 2 nitrogen and oxygen atoms in total. The fourth-order valence-electron chi connectivity index (χ4n) is 14.2. The van der Waals surface area contributed by atoms with Gasteiger partial charge in [0.25, 0.3) is 0 Å². The minimum atomic E-state index is -0.682. The first-order chi connectivity index (χ1) is 36.8. The summed E-state index contributed by atoms with van der Waals surface area (Å²) < 4.78 is 0. The zero-order chi connectivity index (χ0) is 48.5. The van der Waals surface area contributed by atoms with E-state index in [0.717, 1.165) is 28.4 Å². The van der Waals surface area contributed by atoms with Crippen LogP contribution >= 0.6 is 0 Å². The van der Waals surface area contributed by atoms with E-state index in [2.05, 4.69) is 289 Å². The second-order valence-electron chi connectivity index (χ2n) is 20.2. The lowest BCUT2D eigenvalue weighted by Gasteiger charge is -2.36. The first kappa shape index (κ1) is 41.2. The summed E-state index contributed by atoms with van der Waals surface area (Å²) >= 11 is 0. The van der Waals surface area contributed by atoms with Crippen LogP contribution in [0.5, 0.6) is 0 Å². The molecule has 0 heterocycles. The van der Waals surface area contributed by atoms with Gasteiger partial charge in [-0.05, 0) is 149 Å². The van der Waals surface area contributed by atoms with Crippen molar-refractivity contribution in [1.29, 1.82) is 0 Å². The highest BCUT2D eigenvalue weighted by atomic mass is 15.2. The third kappa shape index (κ3) is 5.28. The molecule has 1 unspecified atom stereocenters. The molecule has 4 aliphatic rings. The van der Waals surface area contributed by atoms with Crippen LogP contribution in [0.2, 0.25) is 0 Å². The van der Waals surface area contributed by atoms with Gasteiger partial charge in [0.2, 0.25) is 0 Å². The van der Waals surface area contributed by atoms with Crippen LogP contribution in [0.25, 0.3) is 55.3 Å². The fourth-order valence-corrected chi connectivity index (χ4v) is 14.2. The molecule has 12 aromatic rings. The lowest BCUT2D eigenvalue weighted by Crippen LogP contribution is -2.28. The van der Waals surface area contributed by atoms with Crippen molar-refractivity contribution in [3.05, 3.63) is 324 Å². The molecule has 0 amide bonds. The smallest absolute Gasteiger partial charge is 0.0747 e. The summed E-state index contributed by atoms with van der Waals surface area (Å²) in [4.78, 5) is 5.04. The highest BCUT2D eigenvalue weighted by Crippen LogP contribution is 2.69. The third-order valence-electron chi connectivity index (χ3n) is 16.8. The molecule has 344 valence electrons. The van der Waals surface area contributed by atoms with E-state index in [4.69, 9.17) is 0 Å². The van der Waals surface area contributed by atoms with E-state index in [9.17, 15) is 0 Å². The van der Waals surface area contributed by atoms with Crippen LogP contribution in [0, 0.1) is 0 Å². The Morgan fingerprint density at radius 3 is 1.18 bits per heavy atom. The van der Waals surface area contributed by atoms with Crippen molar-refractivity contribution < 1.29 is 0 Å². The molecule has 0 radical (unpaired) electrons. The summed E-state index contributed by atoms with van der Waals surface area (Å²) in [5.74, 6) is 0. The Morgan fingerprint density at radius 2 is 0.635 bits per heavy atom. The van der Waals surface area contributed by atoms with E-state index >= 15 is 0 Å². The third-order valence-corrected chi connectivity index (χ3v) is 16.8. The van der Waals surface area contributed by atoms with Gasteiger partial charge in [0.05, 0.1) is 22.2 Å². The minimum absolute atomic E-state index is 0.480. The Labute approximate surface area is 431 Å². The molecule has 16 rings (SSSR count). The van der Waals surface area contributed by atoms with Gasteiger partial charge >= 0.3 is 0 Å². The van der Waals surface area contributed by atoms with Gasteiger partial charge in [-0.2, -0.15) is 0 Å². The summed E-state index contributed by atoms with van der Waals surface area (Å²) in [6, 6.07) is 105. The molecule has 1 atom stereocenters. The zero-order valence-electron chi connectivity index (χ0n) is 40.5. The Morgan fingerprint density at radius 1 is 0.230 bits per heavy atom.